The number of hydrogen-bond acceptors (Lipinski definition) is 3. The Hall–Kier alpha value is -1.33. The summed E-state index contributed by atoms with van der Waals surface area (Å²) in [5, 5.41) is 0. The van der Waals surface area contributed by atoms with Gasteiger partial charge in [0.05, 0.1) is 0 Å². The minimum Gasteiger partial charge on any atom is -0.354 e. The van der Waals surface area contributed by atoms with Gasteiger partial charge in [0.15, 0.2) is 5.78 Å². The van der Waals surface area contributed by atoms with Gasteiger partial charge in [-0.1, -0.05) is 0 Å². The molecule has 0 radical (unpaired) electrons. The predicted molar refractivity (Wildman–Crippen MR) is 80.6 cm³/mol. The highest BCUT2D eigenvalue weighted by atomic mass is 35.5. The first-order chi connectivity index (χ1) is 8.95. The lowest BCUT2D eigenvalue weighted by Gasteiger charge is -2.16. The van der Waals surface area contributed by atoms with Crippen LogP contribution in [-0.4, -0.2) is 41.2 Å². The van der Waals surface area contributed by atoms with Gasteiger partial charge < -0.3 is 15.6 Å². The molecule has 2 heterocycles. The van der Waals surface area contributed by atoms with E-state index in [1.165, 1.54) is 6.92 Å². The summed E-state index contributed by atoms with van der Waals surface area (Å²) in [7, 11) is 0. The number of ketones is 1. The minimum atomic E-state index is -0.0240. The molecule has 1 fully saturated rings. The molecular weight excluding hydrogens is 278 g/mol. The molecule has 5 nitrogen and oxygen atoms in total. The first-order valence-corrected chi connectivity index (χ1v) is 6.65. The molecule has 1 aromatic rings. The molecule has 2 rings (SSSR count). The number of rotatable bonds is 3. The van der Waals surface area contributed by atoms with Crippen molar-refractivity contribution in [2.24, 2.45) is 11.7 Å². The average molecular weight is 300 g/mol. The largest absolute Gasteiger partial charge is 0.354 e. The first kappa shape index (κ1) is 16.7. The lowest BCUT2D eigenvalue weighted by Crippen LogP contribution is -2.30. The fraction of sp³-hybridized carbons (Fsp3) is 0.571. The highest BCUT2D eigenvalue weighted by molar-refractivity contribution is 6.02. The summed E-state index contributed by atoms with van der Waals surface area (Å²) in [5.74, 6) is 0.364. The van der Waals surface area contributed by atoms with Crippen LogP contribution in [0.2, 0.25) is 0 Å². The molecule has 1 unspecified atom stereocenters. The number of H-pyrrole nitrogens is 1. The molecule has 6 heteroatoms. The maximum atomic E-state index is 12.5. The van der Waals surface area contributed by atoms with Gasteiger partial charge in [0, 0.05) is 24.3 Å². The Balaban J connectivity index is 0.00000200. The number of nitrogens with zero attached hydrogens (tertiary/aromatic N) is 1. The van der Waals surface area contributed by atoms with Crippen molar-refractivity contribution in [1.82, 2.24) is 9.88 Å². The smallest absolute Gasteiger partial charge is 0.270 e. The van der Waals surface area contributed by atoms with Crippen LogP contribution in [0.5, 0.6) is 0 Å². The molecule has 0 aromatic carbocycles. The molecule has 1 saturated heterocycles. The summed E-state index contributed by atoms with van der Waals surface area (Å²) in [6, 6.07) is 0. The monoisotopic (exact) mass is 299 g/mol. The van der Waals surface area contributed by atoms with Crippen LogP contribution in [0.15, 0.2) is 0 Å². The Bertz CT molecular complexity index is 525. The second kappa shape index (κ2) is 6.41. The number of carbonyl (C=O) groups is 2. The molecule has 0 aliphatic carbocycles. The van der Waals surface area contributed by atoms with Crippen LogP contribution in [-0.2, 0) is 0 Å². The Morgan fingerprint density at radius 1 is 1.40 bits per heavy atom. The van der Waals surface area contributed by atoms with E-state index >= 15 is 0 Å². The zero-order valence-corrected chi connectivity index (χ0v) is 13.0. The van der Waals surface area contributed by atoms with Crippen LogP contribution < -0.4 is 5.73 Å². The van der Waals surface area contributed by atoms with E-state index in [2.05, 4.69) is 4.98 Å². The zero-order valence-electron chi connectivity index (χ0n) is 12.2. The summed E-state index contributed by atoms with van der Waals surface area (Å²) in [4.78, 5) is 28.9. The standard InChI is InChI=1S/C14H21N3O2.ClH/c1-8-12(10(3)18)9(2)16-13(8)14(19)17-5-4-11(6-15)7-17;/h11,16H,4-7,15H2,1-3H3;1H. The number of nitrogens with two attached hydrogens (primary N) is 1. The van der Waals surface area contributed by atoms with Gasteiger partial charge in [-0.15, -0.1) is 12.4 Å². The highest BCUT2D eigenvalue weighted by Crippen LogP contribution is 2.23. The molecular formula is C14H22ClN3O2. The number of carbonyl (C=O) groups excluding carboxylic acids is 2. The van der Waals surface area contributed by atoms with E-state index in [1.807, 2.05) is 18.7 Å². The maximum absolute atomic E-state index is 12.5. The molecule has 20 heavy (non-hydrogen) atoms. The molecule has 1 aliphatic heterocycles. The van der Waals surface area contributed by atoms with Crippen molar-refractivity contribution in [2.75, 3.05) is 19.6 Å². The van der Waals surface area contributed by atoms with Gasteiger partial charge in [0.2, 0.25) is 0 Å². The Morgan fingerprint density at radius 3 is 2.50 bits per heavy atom. The van der Waals surface area contributed by atoms with Crippen molar-refractivity contribution < 1.29 is 9.59 Å². The number of aromatic nitrogens is 1. The molecule has 1 aromatic heterocycles. The second-order valence-electron chi connectivity index (χ2n) is 5.32. The summed E-state index contributed by atoms with van der Waals surface area (Å²) in [6.45, 7) is 7.25. The van der Waals surface area contributed by atoms with Crippen LogP contribution in [0.25, 0.3) is 0 Å². The summed E-state index contributed by atoms with van der Waals surface area (Å²) < 4.78 is 0. The molecule has 1 amide bonds. The van der Waals surface area contributed by atoms with Crippen molar-refractivity contribution >= 4 is 24.1 Å². The van der Waals surface area contributed by atoms with Crippen LogP contribution in [0.1, 0.15) is 45.4 Å². The highest BCUT2D eigenvalue weighted by Gasteiger charge is 2.29. The minimum absolute atomic E-state index is 0. The van der Waals surface area contributed by atoms with Crippen molar-refractivity contribution in [3.63, 3.8) is 0 Å². The third-order valence-electron chi connectivity index (χ3n) is 3.91. The number of likely N-dealkylation sites (tertiary alicyclic amines) is 1. The van der Waals surface area contributed by atoms with Crippen molar-refractivity contribution in [1.29, 1.82) is 0 Å². The second-order valence-corrected chi connectivity index (χ2v) is 5.32. The summed E-state index contributed by atoms with van der Waals surface area (Å²) >= 11 is 0. The molecule has 0 spiro atoms. The van der Waals surface area contributed by atoms with Crippen molar-refractivity contribution in [2.45, 2.75) is 27.2 Å². The van der Waals surface area contributed by atoms with Crippen molar-refractivity contribution in [3.05, 3.63) is 22.5 Å². The Morgan fingerprint density at radius 2 is 2.05 bits per heavy atom. The van der Waals surface area contributed by atoms with E-state index in [-0.39, 0.29) is 24.1 Å². The van der Waals surface area contributed by atoms with Crippen LogP contribution in [0, 0.1) is 19.8 Å². The van der Waals surface area contributed by atoms with Crippen LogP contribution >= 0.6 is 12.4 Å². The van der Waals surface area contributed by atoms with E-state index in [4.69, 9.17) is 5.73 Å². The molecule has 1 atom stereocenters. The third-order valence-corrected chi connectivity index (χ3v) is 3.91. The number of halogens is 1. The van der Waals surface area contributed by atoms with Gasteiger partial charge in [-0.2, -0.15) is 0 Å². The van der Waals surface area contributed by atoms with Gasteiger partial charge in [0.1, 0.15) is 5.69 Å². The fourth-order valence-corrected chi connectivity index (χ4v) is 2.86. The molecule has 0 saturated carbocycles. The van der Waals surface area contributed by atoms with Gasteiger partial charge in [-0.25, -0.2) is 0 Å². The predicted octanol–water partition coefficient (Wildman–Crippen LogP) is 1.68. The Kier molecular flexibility index (Phi) is 5.36. The Labute approximate surface area is 125 Å². The average Bonchev–Trinajstić information content (AvgIpc) is 2.93. The SMILES string of the molecule is CC(=O)c1c(C)[nH]c(C(=O)N2CCC(CN)C2)c1C.Cl. The van der Waals surface area contributed by atoms with E-state index in [9.17, 15) is 9.59 Å². The lowest BCUT2D eigenvalue weighted by molar-refractivity contribution is 0.0781. The van der Waals surface area contributed by atoms with E-state index in [0.29, 0.717) is 30.3 Å². The lowest BCUT2D eigenvalue weighted by atomic mass is 10.1. The van der Waals surface area contributed by atoms with Gasteiger partial charge in [-0.05, 0) is 45.2 Å². The van der Waals surface area contributed by atoms with Gasteiger partial charge >= 0.3 is 0 Å². The number of aromatic amines is 1. The van der Waals surface area contributed by atoms with E-state index < -0.39 is 0 Å². The zero-order chi connectivity index (χ0) is 14.2. The van der Waals surface area contributed by atoms with E-state index in [1.54, 1.807) is 0 Å². The normalized spacial score (nSPS) is 18.0. The number of nitrogens with one attached hydrogen (secondary N) is 1. The number of hydrogen-bond donors (Lipinski definition) is 2. The topological polar surface area (TPSA) is 79.2 Å². The quantitative estimate of drug-likeness (QED) is 0.833. The van der Waals surface area contributed by atoms with Gasteiger partial charge in [-0.3, -0.25) is 9.59 Å². The van der Waals surface area contributed by atoms with Crippen LogP contribution in [0.4, 0.5) is 0 Å². The summed E-state index contributed by atoms with van der Waals surface area (Å²) in [6.07, 6.45) is 0.959. The third kappa shape index (κ3) is 2.88. The molecule has 3 N–H and O–H groups in total. The van der Waals surface area contributed by atoms with Crippen molar-refractivity contribution in [3.8, 4) is 0 Å². The number of aryl methyl sites for hydroxylation is 1. The van der Waals surface area contributed by atoms with E-state index in [0.717, 1.165) is 24.2 Å². The first-order valence-electron chi connectivity index (χ1n) is 6.65. The maximum Gasteiger partial charge on any atom is 0.270 e. The molecule has 1 aliphatic rings. The number of Topliss-reactive ketones (excluding diaryl/α,β-unsaturated/α-hetero) is 1. The molecule has 0 bridgehead atoms. The van der Waals surface area contributed by atoms with Crippen LogP contribution in [0.3, 0.4) is 0 Å². The number of amides is 1. The summed E-state index contributed by atoms with van der Waals surface area (Å²) in [5.41, 5.74) is 8.34. The molecule has 112 valence electrons. The fourth-order valence-electron chi connectivity index (χ4n) is 2.86. The van der Waals surface area contributed by atoms with Gasteiger partial charge in [0.25, 0.3) is 5.91 Å².